The van der Waals surface area contributed by atoms with Crippen LogP contribution in [0.4, 0.5) is 5.69 Å². The molecule has 0 saturated heterocycles. The third-order valence-electron chi connectivity index (χ3n) is 4.33. The Morgan fingerprint density at radius 3 is 2.43 bits per heavy atom. The number of likely N-dealkylation sites (N-methyl/N-ethyl adjacent to an activating group) is 1. The van der Waals surface area contributed by atoms with E-state index >= 15 is 0 Å². The monoisotopic (exact) mass is 422 g/mol. The van der Waals surface area contributed by atoms with Gasteiger partial charge in [-0.25, -0.2) is 8.42 Å². The van der Waals surface area contributed by atoms with Gasteiger partial charge in [-0.05, 0) is 38.2 Å². The first kappa shape index (κ1) is 21.9. The van der Waals surface area contributed by atoms with Crippen LogP contribution in [-0.4, -0.2) is 38.7 Å². The molecule has 1 heterocycles. The smallest absolute Gasteiger partial charge is 0.264 e. The predicted octanol–water partition coefficient (Wildman–Crippen LogP) is 3.13. The first-order valence-electron chi connectivity index (χ1n) is 8.56. The summed E-state index contributed by atoms with van der Waals surface area (Å²) in [4.78, 5) is 4.49. The van der Waals surface area contributed by atoms with Crippen LogP contribution in [0.25, 0.3) is 11.5 Å². The third-order valence-corrected chi connectivity index (χ3v) is 6.17. The summed E-state index contributed by atoms with van der Waals surface area (Å²) in [6, 6.07) is 15.7. The zero-order chi connectivity index (χ0) is 19.4. The predicted molar refractivity (Wildman–Crippen MR) is 111 cm³/mol. The highest BCUT2D eigenvalue weighted by Crippen LogP contribution is 2.30. The lowest BCUT2D eigenvalue weighted by atomic mass is 10.2. The number of aromatic nitrogens is 2. The topological polar surface area (TPSA) is 88.3 Å². The second-order valence-corrected chi connectivity index (χ2v) is 8.15. The van der Waals surface area contributed by atoms with E-state index in [2.05, 4.69) is 15.5 Å². The van der Waals surface area contributed by atoms with Crippen LogP contribution in [0.3, 0.4) is 0 Å². The summed E-state index contributed by atoms with van der Waals surface area (Å²) in [6.45, 7) is 2.00. The van der Waals surface area contributed by atoms with Gasteiger partial charge in [0.15, 0.2) is 5.82 Å². The van der Waals surface area contributed by atoms with Gasteiger partial charge in [-0.2, -0.15) is 4.98 Å². The van der Waals surface area contributed by atoms with Gasteiger partial charge in [-0.15, -0.1) is 12.4 Å². The molecule has 0 bridgehead atoms. The van der Waals surface area contributed by atoms with Crippen molar-refractivity contribution in [1.29, 1.82) is 0 Å². The Labute approximate surface area is 171 Å². The molecule has 0 radical (unpaired) electrons. The molecule has 1 atom stereocenters. The van der Waals surface area contributed by atoms with Crippen molar-refractivity contribution in [2.45, 2.75) is 24.3 Å². The van der Waals surface area contributed by atoms with Gasteiger partial charge in [-0.1, -0.05) is 35.5 Å². The summed E-state index contributed by atoms with van der Waals surface area (Å²) in [7, 11) is -0.419. The maximum absolute atomic E-state index is 13.2. The fourth-order valence-corrected chi connectivity index (χ4v) is 3.99. The molecule has 150 valence electrons. The quantitative estimate of drug-likeness (QED) is 0.629. The largest absolute Gasteiger partial charge is 0.334 e. The van der Waals surface area contributed by atoms with Gasteiger partial charge in [0, 0.05) is 19.5 Å². The van der Waals surface area contributed by atoms with Gasteiger partial charge < -0.3 is 9.84 Å². The van der Waals surface area contributed by atoms with Crippen molar-refractivity contribution >= 4 is 28.1 Å². The highest BCUT2D eigenvalue weighted by Gasteiger charge is 2.27. The Bertz CT molecular complexity index is 1010. The molecular formula is C19H23ClN4O3S. The van der Waals surface area contributed by atoms with Crippen LogP contribution in [0, 0.1) is 0 Å². The highest BCUT2D eigenvalue weighted by atomic mass is 35.5. The van der Waals surface area contributed by atoms with Gasteiger partial charge in [0.05, 0.1) is 11.3 Å². The summed E-state index contributed by atoms with van der Waals surface area (Å²) < 4.78 is 33.0. The van der Waals surface area contributed by atoms with Crippen molar-refractivity contribution in [2.75, 3.05) is 18.4 Å². The van der Waals surface area contributed by atoms with Crippen molar-refractivity contribution in [3.8, 4) is 11.5 Å². The molecule has 28 heavy (non-hydrogen) atoms. The van der Waals surface area contributed by atoms with E-state index in [1.807, 2.05) is 20.0 Å². The highest BCUT2D eigenvalue weighted by molar-refractivity contribution is 7.93. The molecule has 0 spiro atoms. The number of hydrogen-bond donors (Lipinski definition) is 1. The Morgan fingerprint density at radius 2 is 1.75 bits per heavy atom. The zero-order valence-corrected chi connectivity index (χ0v) is 17.5. The van der Waals surface area contributed by atoms with Gasteiger partial charge in [-0.3, -0.25) is 4.31 Å². The van der Waals surface area contributed by atoms with Gasteiger partial charge in [0.25, 0.3) is 15.9 Å². The van der Waals surface area contributed by atoms with Crippen molar-refractivity contribution in [3.63, 3.8) is 0 Å². The normalized spacial score (nSPS) is 12.2. The number of halogens is 1. The van der Waals surface area contributed by atoms with Gasteiger partial charge >= 0.3 is 0 Å². The Kier molecular flexibility index (Phi) is 7.17. The molecule has 1 unspecified atom stereocenters. The average molecular weight is 423 g/mol. The molecule has 0 aliphatic carbocycles. The number of nitrogens with one attached hydrogen (secondary N) is 1. The van der Waals surface area contributed by atoms with Crippen LogP contribution in [0.1, 0.15) is 12.7 Å². The first-order chi connectivity index (χ1) is 12.9. The maximum Gasteiger partial charge on any atom is 0.264 e. The Balaban J connectivity index is 0.00000280. The molecule has 2 aromatic carbocycles. The molecule has 1 aromatic heterocycles. The van der Waals surface area contributed by atoms with Crippen LogP contribution < -0.4 is 9.62 Å². The number of hydrogen-bond acceptors (Lipinski definition) is 6. The minimum Gasteiger partial charge on any atom is -0.334 e. The number of anilines is 1. The number of sulfonamides is 1. The van der Waals surface area contributed by atoms with E-state index in [9.17, 15) is 8.42 Å². The van der Waals surface area contributed by atoms with E-state index in [4.69, 9.17) is 4.52 Å². The van der Waals surface area contributed by atoms with E-state index in [-0.39, 0.29) is 29.2 Å². The number of para-hydroxylation sites is 1. The third kappa shape index (κ3) is 4.52. The van der Waals surface area contributed by atoms with Crippen LogP contribution in [0.5, 0.6) is 0 Å². The number of benzene rings is 2. The molecule has 0 fully saturated rings. The standard InChI is InChI=1S/C19H22N4O3S.ClH/c1-14(20-2)13-18-21-19(26-22-18)16-11-7-8-12-17(16)27(24,25)23(3)15-9-5-4-6-10-15;/h4-12,14,20H,13H2,1-3H3;1H. The summed E-state index contributed by atoms with van der Waals surface area (Å²) >= 11 is 0. The number of nitrogens with zero attached hydrogens (tertiary/aromatic N) is 3. The second-order valence-electron chi connectivity index (χ2n) is 6.21. The molecule has 3 aromatic rings. The van der Waals surface area contributed by atoms with Gasteiger partial charge in [0.1, 0.15) is 4.90 Å². The van der Waals surface area contributed by atoms with Gasteiger partial charge in [0.2, 0.25) is 0 Å². The molecule has 1 N–H and O–H groups in total. The molecule has 3 rings (SSSR count). The lowest BCUT2D eigenvalue weighted by molar-refractivity contribution is 0.417. The van der Waals surface area contributed by atoms with E-state index < -0.39 is 10.0 Å². The SMILES string of the molecule is CNC(C)Cc1noc(-c2ccccc2S(=O)(=O)N(C)c2ccccc2)n1.Cl. The van der Waals surface area contributed by atoms with Crippen molar-refractivity contribution in [2.24, 2.45) is 0 Å². The molecule has 7 nitrogen and oxygen atoms in total. The van der Waals surface area contributed by atoms with Crippen LogP contribution in [-0.2, 0) is 16.4 Å². The number of rotatable bonds is 7. The van der Waals surface area contributed by atoms with Crippen LogP contribution in [0.15, 0.2) is 64.0 Å². The van der Waals surface area contributed by atoms with Crippen LogP contribution in [0.2, 0.25) is 0 Å². The first-order valence-corrected chi connectivity index (χ1v) is 10.0. The molecule has 0 amide bonds. The van der Waals surface area contributed by atoms with E-state index in [1.165, 1.54) is 11.4 Å². The lowest BCUT2D eigenvalue weighted by Gasteiger charge is -2.20. The fraction of sp³-hybridized carbons (Fsp3) is 0.263. The summed E-state index contributed by atoms with van der Waals surface area (Å²) in [5.74, 6) is 0.712. The Hall–Kier alpha value is -2.42. The maximum atomic E-state index is 13.2. The van der Waals surface area contributed by atoms with Crippen molar-refractivity contribution in [3.05, 3.63) is 60.4 Å². The second kappa shape index (κ2) is 9.18. The average Bonchev–Trinajstić information content (AvgIpc) is 3.16. The van der Waals surface area contributed by atoms with Crippen molar-refractivity contribution in [1.82, 2.24) is 15.5 Å². The van der Waals surface area contributed by atoms with E-state index in [0.29, 0.717) is 23.5 Å². The van der Waals surface area contributed by atoms with Crippen molar-refractivity contribution < 1.29 is 12.9 Å². The molecule has 0 saturated carbocycles. The minimum absolute atomic E-state index is 0. The van der Waals surface area contributed by atoms with E-state index in [0.717, 1.165) is 0 Å². The Morgan fingerprint density at radius 1 is 1.11 bits per heavy atom. The molecule has 0 aliphatic heterocycles. The fourth-order valence-electron chi connectivity index (χ4n) is 2.61. The summed E-state index contributed by atoms with van der Waals surface area (Å²) in [6.07, 6.45) is 0.582. The molecule has 9 heteroatoms. The van der Waals surface area contributed by atoms with E-state index in [1.54, 1.807) is 48.5 Å². The summed E-state index contributed by atoms with van der Waals surface area (Å²) in [5, 5.41) is 7.08. The minimum atomic E-state index is -3.80. The van der Waals surface area contributed by atoms with Crippen LogP contribution >= 0.6 is 12.4 Å². The lowest BCUT2D eigenvalue weighted by Crippen LogP contribution is -2.27. The molecular weight excluding hydrogens is 400 g/mol. The molecule has 0 aliphatic rings. The zero-order valence-electron chi connectivity index (χ0n) is 15.9. The summed E-state index contributed by atoms with van der Waals surface area (Å²) in [5.41, 5.74) is 0.956.